The highest BCUT2D eigenvalue weighted by Crippen LogP contribution is 2.25. The second kappa shape index (κ2) is 4.94. The topological polar surface area (TPSA) is 33.1 Å². The van der Waals surface area contributed by atoms with E-state index in [9.17, 15) is 5.11 Å². The predicted molar refractivity (Wildman–Crippen MR) is 76.8 cm³/mol. The van der Waals surface area contributed by atoms with Gasteiger partial charge in [0.1, 0.15) is 5.75 Å². The van der Waals surface area contributed by atoms with Crippen LogP contribution in [0.5, 0.6) is 5.75 Å². The predicted octanol–water partition coefficient (Wildman–Crippen LogP) is 4.12. The Morgan fingerprint density at radius 2 is 1.16 bits per heavy atom. The molecule has 0 radical (unpaired) electrons. The summed E-state index contributed by atoms with van der Waals surface area (Å²) in [6.07, 6.45) is 3.63. The van der Waals surface area contributed by atoms with Crippen LogP contribution in [0, 0.1) is 0 Å². The molecule has 2 aromatic carbocycles. The molecule has 0 aliphatic carbocycles. The van der Waals surface area contributed by atoms with E-state index in [1.807, 2.05) is 30.5 Å². The van der Waals surface area contributed by atoms with Crippen molar-refractivity contribution in [3.8, 4) is 28.0 Å². The number of aromatic hydroxyl groups is 1. The maximum Gasteiger partial charge on any atom is 0.115 e. The fraction of sp³-hybridized carbons (Fsp3) is 0. The molecule has 0 aliphatic rings. The van der Waals surface area contributed by atoms with Crippen LogP contribution < -0.4 is 0 Å². The number of aromatic nitrogens is 1. The molecule has 92 valence electrons. The molecule has 3 aromatic rings. The lowest BCUT2D eigenvalue weighted by Gasteiger charge is -2.04. The maximum absolute atomic E-state index is 9.29. The Balaban J connectivity index is 1.93. The average Bonchev–Trinajstić information content (AvgIpc) is 2.49. The number of hydrogen-bond acceptors (Lipinski definition) is 2. The first-order chi connectivity index (χ1) is 9.33. The zero-order valence-electron chi connectivity index (χ0n) is 10.3. The van der Waals surface area contributed by atoms with Crippen molar-refractivity contribution in [2.75, 3.05) is 0 Å². The molecule has 3 rings (SSSR count). The summed E-state index contributed by atoms with van der Waals surface area (Å²) in [5.74, 6) is 0.288. The van der Waals surface area contributed by atoms with Gasteiger partial charge in [0.15, 0.2) is 0 Å². The van der Waals surface area contributed by atoms with Crippen LogP contribution >= 0.6 is 0 Å². The van der Waals surface area contributed by atoms with Crippen molar-refractivity contribution in [2.45, 2.75) is 0 Å². The van der Waals surface area contributed by atoms with E-state index in [4.69, 9.17) is 0 Å². The summed E-state index contributed by atoms with van der Waals surface area (Å²) in [6.45, 7) is 0. The van der Waals surface area contributed by atoms with Crippen molar-refractivity contribution in [1.29, 1.82) is 0 Å². The van der Waals surface area contributed by atoms with Gasteiger partial charge in [-0.25, -0.2) is 0 Å². The highest BCUT2D eigenvalue weighted by atomic mass is 16.3. The van der Waals surface area contributed by atoms with Crippen molar-refractivity contribution in [2.24, 2.45) is 0 Å². The zero-order chi connectivity index (χ0) is 13.1. The summed E-state index contributed by atoms with van der Waals surface area (Å²) in [4.78, 5) is 4.12. The Morgan fingerprint density at radius 1 is 0.632 bits per heavy atom. The molecular formula is C17H13NO. The van der Waals surface area contributed by atoms with Crippen molar-refractivity contribution in [1.82, 2.24) is 4.98 Å². The lowest BCUT2D eigenvalue weighted by molar-refractivity contribution is 0.475. The van der Waals surface area contributed by atoms with E-state index in [2.05, 4.69) is 29.2 Å². The van der Waals surface area contributed by atoms with E-state index >= 15 is 0 Å². The lowest BCUT2D eigenvalue weighted by Crippen LogP contribution is -1.81. The number of phenols is 1. The molecule has 0 aliphatic heterocycles. The second-order valence-electron chi connectivity index (χ2n) is 4.37. The van der Waals surface area contributed by atoms with Gasteiger partial charge in [-0.2, -0.15) is 0 Å². The minimum absolute atomic E-state index is 0.288. The SMILES string of the molecule is Oc1ccc(-c2ccc(-c3cccnc3)cc2)cc1. The summed E-state index contributed by atoms with van der Waals surface area (Å²) >= 11 is 0. The van der Waals surface area contributed by atoms with Gasteiger partial charge in [-0.3, -0.25) is 4.98 Å². The molecule has 0 saturated carbocycles. The van der Waals surface area contributed by atoms with Crippen LogP contribution in [0.3, 0.4) is 0 Å². The zero-order valence-corrected chi connectivity index (χ0v) is 10.3. The van der Waals surface area contributed by atoms with Crippen molar-refractivity contribution < 1.29 is 5.11 Å². The smallest absolute Gasteiger partial charge is 0.115 e. The molecule has 0 atom stereocenters. The number of phenolic OH excluding ortho intramolecular Hbond substituents is 1. The molecule has 1 N–H and O–H groups in total. The third-order valence-corrected chi connectivity index (χ3v) is 3.08. The fourth-order valence-corrected chi connectivity index (χ4v) is 2.04. The summed E-state index contributed by atoms with van der Waals surface area (Å²) in [5, 5.41) is 9.29. The lowest BCUT2D eigenvalue weighted by atomic mass is 10.0. The first-order valence-corrected chi connectivity index (χ1v) is 6.13. The summed E-state index contributed by atoms with van der Waals surface area (Å²) < 4.78 is 0. The van der Waals surface area contributed by atoms with Gasteiger partial charge in [0.25, 0.3) is 0 Å². The monoisotopic (exact) mass is 247 g/mol. The Morgan fingerprint density at radius 3 is 1.68 bits per heavy atom. The van der Waals surface area contributed by atoms with Crippen LogP contribution in [0.25, 0.3) is 22.3 Å². The number of nitrogens with zero attached hydrogens (tertiary/aromatic N) is 1. The third kappa shape index (κ3) is 2.47. The molecule has 19 heavy (non-hydrogen) atoms. The van der Waals surface area contributed by atoms with Gasteiger partial charge in [-0.15, -0.1) is 0 Å². The van der Waals surface area contributed by atoms with Gasteiger partial charge < -0.3 is 5.11 Å². The Hall–Kier alpha value is -2.61. The standard InChI is InChI=1S/C17H13NO/c19-17-9-7-14(8-10-17)13-3-5-15(6-4-13)16-2-1-11-18-12-16/h1-12,19H. The van der Waals surface area contributed by atoms with Gasteiger partial charge in [-0.1, -0.05) is 42.5 Å². The molecule has 0 spiro atoms. The van der Waals surface area contributed by atoms with Crippen molar-refractivity contribution in [3.63, 3.8) is 0 Å². The molecule has 2 heteroatoms. The van der Waals surface area contributed by atoms with Crippen LogP contribution in [0.15, 0.2) is 73.1 Å². The normalized spacial score (nSPS) is 10.3. The molecule has 0 fully saturated rings. The first kappa shape index (κ1) is 11.5. The van der Waals surface area contributed by atoms with Crippen LogP contribution in [0.1, 0.15) is 0 Å². The van der Waals surface area contributed by atoms with Gasteiger partial charge in [-0.05, 0) is 40.5 Å². The van der Waals surface area contributed by atoms with E-state index < -0.39 is 0 Å². The number of pyridine rings is 1. The Labute approximate surface area is 112 Å². The molecule has 1 heterocycles. The minimum Gasteiger partial charge on any atom is -0.508 e. The number of rotatable bonds is 2. The molecule has 2 nitrogen and oxygen atoms in total. The van der Waals surface area contributed by atoms with E-state index in [1.165, 1.54) is 0 Å². The number of hydrogen-bond donors (Lipinski definition) is 1. The maximum atomic E-state index is 9.29. The molecule has 1 aromatic heterocycles. The van der Waals surface area contributed by atoms with Gasteiger partial charge in [0.2, 0.25) is 0 Å². The summed E-state index contributed by atoms with van der Waals surface area (Å²) in [7, 11) is 0. The van der Waals surface area contributed by atoms with Crippen LogP contribution in [-0.2, 0) is 0 Å². The average molecular weight is 247 g/mol. The van der Waals surface area contributed by atoms with Gasteiger partial charge in [0, 0.05) is 12.4 Å². The van der Waals surface area contributed by atoms with Gasteiger partial charge in [0.05, 0.1) is 0 Å². The van der Waals surface area contributed by atoms with E-state index in [1.54, 1.807) is 18.3 Å². The van der Waals surface area contributed by atoms with Crippen LogP contribution in [0.2, 0.25) is 0 Å². The van der Waals surface area contributed by atoms with E-state index in [-0.39, 0.29) is 5.75 Å². The highest BCUT2D eigenvalue weighted by molar-refractivity contribution is 5.70. The van der Waals surface area contributed by atoms with Crippen molar-refractivity contribution in [3.05, 3.63) is 73.1 Å². The van der Waals surface area contributed by atoms with Crippen LogP contribution in [0.4, 0.5) is 0 Å². The van der Waals surface area contributed by atoms with Crippen molar-refractivity contribution >= 4 is 0 Å². The largest absolute Gasteiger partial charge is 0.508 e. The third-order valence-electron chi connectivity index (χ3n) is 3.08. The van der Waals surface area contributed by atoms with E-state index in [0.717, 1.165) is 22.3 Å². The van der Waals surface area contributed by atoms with E-state index in [0.29, 0.717) is 0 Å². The quantitative estimate of drug-likeness (QED) is 0.738. The molecular weight excluding hydrogens is 234 g/mol. The molecule has 0 amide bonds. The molecule has 0 bridgehead atoms. The first-order valence-electron chi connectivity index (χ1n) is 6.13. The fourth-order valence-electron chi connectivity index (χ4n) is 2.04. The Kier molecular flexibility index (Phi) is 2.99. The highest BCUT2D eigenvalue weighted by Gasteiger charge is 2.00. The second-order valence-corrected chi connectivity index (χ2v) is 4.37. The summed E-state index contributed by atoms with van der Waals surface area (Å²) in [6, 6.07) is 19.5. The van der Waals surface area contributed by atoms with Gasteiger partial charge >= 0.3 is 0 Å². The number of benzene rings is 2. The minimum atomic E-state index is 0.288. The molecule has 0 unspecified atom stereocenters. The molecule has 0 saturated heterocycles. The van der Waals surface area contributed by atoms with Crippen LogP contribution in [-0.4, -0.2) is 10.1 Å². The Bertz CT molecular complexity index is 658. The summed E-state index contributed by atoms with van der Waals surface area (Å²) in [5.41, 5.74) is 4.48.